The lowest BCUT2D eigenvalue weighted by atomic mass is 9.99. The standard InChI is InChI=1S/C11H20N2O3/c1-3-4-5-12-11(16)13-6-8(2)9(7-13)10(14)15/h8-9H,3-7H2,1-2H3,(H,12,16)(H,14,15). The molecule has 0 bridgehead atoms. The molecule has 0 spiro atoms. The lowest BCUT2D eigenvalue weighted by molar-refractivity contribution is -0.142. The summed E-state index contributed by atoms with van der Waals surface area (Å²) < 4.78 is 0. The topological polar surface area (TPSA) is 69.6 Å². The van der Waals surface area contributed by atoms with Crippen molar-refractivity contribution in [1.29, 1.82) is 0 Å². The fourth-order valence-electron chi connectivity index (χ4n) is 1.94. The van der Waals surface area contributed by atoms with E-state index in [9.17, 15) is 9.59 Å². The van der Waals surface area contributed by atoms with Gasteiger partial charge in [0.25, 0.3) is 0 Å². The molecular formula is C11H20N2O3. The Hall–Kier alpha value is -1.26. The lowest BCUT2D eigenvalue weighted by Gasteiger charge is -2.16. The van der Waals surface area contributed by atoms with Crippen LogP contribution in [-0.4, -0.2) is 41.6 Å². The zero-order valence-corrected chi connectivity index (χ0v) is 9.90. The first-order valence-electron chi connectivity index (χ1n) is 5.81. The first-order chi connectivity index (χ1) is 7.56. The van der Waals surface area contributed by atoms with Crippen molar-refractivity contribution in [3.05, 3.63) is 0 Å². The summed E-state index contributed by atoms with van der Waals surface area (Å²) in [6.07, 6.45) is 1.99. The first-order valence-corrected chi connectivity index (χ1v) is 5.81. The van der Waals surface area contributed by atoms with Crippen LogP contribution in [0.1, 0.15) is 26.7 Å². The Bertz CT molecular complexity index is 268. The van der Waals surface area contributed by atoms with Gasteiger partial charge in [-0.3, -0.25) is 4.79 Å². The van der Waals surface area contributed by atoms with Gasteiger partial charge in [-0.2, -0.15) is 0 Å². The van der Waals surface area contributed by atoms with E-state index in [1.807, 2.05) is 6.92 Å². The molecule has 1 aliphatic rings. The Balaban J connectivity index is 2.39. The molecule has 2 N–H and O–H groups in total. The highest BCUT2D eigenvalue weighted by molar-refractivity contribution is 5.77. The van der Waals surface area contributed by atoms with E-state index in [1.54, 1.807) is 4.90 Å². The Morgan fingerprint density at radius 3 is 2.62 bits per heavy atom. The molecule has 0 aromatic carbocycles. The van der Waals surface area contributed by atoms with Crippen molar-refractivity contribution in [2.45, 2.75) is 26.7 Å². The summed E-state index contributed by atoms with van der Waals surface area (Å²) in [7, 11) is 0. The summed E-state index contributed by atoms with van der Waals surface area (Å²) in [6.45, 7) is 5.46. The fraction of sp³-hybridized carbons (Fsp3) is 0.818. The van der Waals surface area contributed by atoms with E-state index in [0.29, 0.717) is 19.6 Å². The number of aliphatic carboxylic acids is 1. The number of nitrogens with zero attached hydrogens (tertiary/aromatic N) is 1. The minimum Gasteiger partial charge on any atom is -0.481 e. The van der Waals surface area contributed by atoms with Crippen molar-refractivity contribution in [2.75, 3.05) is 19.6 Å². The van der Waals surface area contributed by atoms with E-state index in [2.05, 4.69) is 12.2 Å². The van der Waals surface area contributed by atoms with Gasteiger partial charge in [-0.25, -0.2) is 4.79 Å². The van der Waals surface area contributed by atoms with Gasteiger partial charge in [-0.05, 0) is 12.3 Å². The average Bonchev–Trinajstić information content (AvgIpc) is 2.60. The molecule has 0 aliphatic carbocycles. The van der Waals surface area contributed by atoms with E-state index in [0.717, 1.165) is 12.8 Å². The maximum Gasteiger partial charge on any atom is 0.317 e. The summed E-state index contributed by atoms with van der Waals surface area (Å²) in [6, 6.07) is -0.135. The molecule has 0 saturated carbocycles. The summed E-state index contributed by atoms with van der Waals surface area (Å²) in [5.74, 6) is -1.19. The molecule has 92 valence electrons. The van der Waals surface area contributed by atoms with Gasteiger partial charge < -0.3 is 15.3 Å². The lowest BCUT2D eigenvalue weighted by Crippen LogP contribution is -2.39. The van der Waals surface area contributed by atoms with E-state index in [4.69, 9.17) is 5.11 Å². The Morgan fingerprint density at radius 2 is 2.12 bits per heavy atom. The van der Waals surface area contributed by atoms with Crippen LogP contribution in [0, 0.1) is 11.8 Å². The zero-order chi connectivity index (χ0) is 12.1. The smallest absolute Gasteiger partial charge is 0.317 e. The molecule has 5 heteroatoms. The molecule has 0 radical (unpaired) electrons. The van der Waals surface area contributed by atoms with Gasteiger partial charge in [-0.1, -0.05) is 20.3 Å². The number of carbonyl (C=O) groups is 2. The number of likely N-dealkylation sites (tertiary alicyclic amines) is 1. The Labute approximate surface area is 95.8 Å². The highest BCUT2D eigenvalue weighted by Crippen LogP contribution is 2.22. The molecule has 1 saturated heterocycles. The largest absolute Gasteiger partial charge is 0.481 e. The van der Waals surface area contributed by atoms with Gasteiger partial charge in [0.2, 0.25) is 0 Å². The van der Waals surface area contributed by atoms with Gasteiger partial charge in [0.15, 0.2) is 0 Å². The van der Waals surface area contributed by atoms with Crippen LogP contribution in [0.3, 0.4) is 0 Å². The number of unbranched alkanes of at least 4 members (excludes halogenated alkanes) is 1. The molecule has 16 heavy (non-hydrogen) atoms. The Kier molecular flexibility index (Phi) is 4.58. The van der Waals surface area contributed by atoms with E-state index < -0.39 is 11.9 Å². The summed E-state index contributed by atoms with van der Waals surface area (Å²) in [5.41, 5.74) is 0. The van der Waals surface area contributed by atoms with E-state index >= 15 is 0 Å². The molecule has 0 aromatic heterocycles. The summed E-state index contributed by atoms with van der Waals surface area (Å²) in [4.78, 5) is 24.1. The Morgan fingerprint density at radius 1 is 1.44 bits per heavy atom. The third kappa shape index (κ3) is 3.12. The summed E-state index contributed by atoms with van der Waals surface area (Å²) >= 11 is 0. The second kappa shape index (κ2) is 5.72. The zero-order valence-electron chi connectivity index (χ0n) is 9.90. The number of hydrogen-bond donors (Lipinski definition) is 2. The molecule has 5 nitrogen and oxygen atoms in total. The normalized spacial score (nSPS) is 24.5. The van der Waals surface area contributed by atoms with Gasteiger partial charge in [-0.15, -0.1) is 0 Å². The van der Waals surface area contributed by atoms with Crippen molar-refractivity contribution in [2.24, 2.45) is 11.8 Å². The van der Waals surface area contributed by atoms with Crippen LogP contribution in [0.4, 0.5) is 4.79 Å². The van der Waals surface area contributed by atoms with Crippen LogP contribution in [-0.2, 0) is 4.79 Å². The van der Waals surface area contributed by atoms with Gasteiger partial charge >= 0.3 is 12.0 Å². The highest BCUT2D eigenvalue weighted by Gasteiger charge is 2.36. The van der Waals surface area contributed by atoms with Gasteiger partial charge in [0, 0.05) is 19.6 Å². The second-order valence-electron chi connectivity index (χ2n) is 4.41. The summed E-state index contributed by atoms with van der Waals surface area (Å²) in [5, 5.41) is 11.7. The van der Waals surface area contributed by atoms with Crippen LogP contribution in [0.5, 0.6) is 0 Å². The van der Waals surface area contributed by atoms with Crippen molar-refractivity contribution in [3.8, 4) is 0 Å². The number of urea groups is 1. The molecule has 2 amide bonds. The average molecular weight is 228 g/mol. The van der Waals surface area contributed by atoms with E-state index in [-0.39, 0.29) is 11.9 Å². The number of carboxylic acid groups (broad SMARTS) is 1. The van der Waals surface area contributed by atoms with Crippen LogP contribution >= 0.6 is 0 Å². The fourth-order valence-corrected chi connectivity index (χ4v) is 1.94. The van der Waals surface area contributed by atoms with Crippen LogP contribution in [0.2, 0.25) is 0 Å². The molecule has 1 fully saturated rings. The molecule has 1 heterocycles. The third-order valence-electron chi connectivity index (χ3n) is 3.02. The molecule has 2 atom stereocenters. The molecule has 0 aromatic rings. The molecule has 2 unspecified atom stereocenters. The maximum absolute atomic E-state index is 11.7. The maximum atomic E-state index is 11.7. The quantitative estimate of drug-likeness (QED) is 0.709. The minimum atomic E-state index is -0.809. The van der Waals surface area contributed by atoms with Crippen LogP contribution in [0.25, 0.3) is 0 Å². The second-order valence-corrected chi connectivity index (χ2v) is 4.41. The minimum absolute atomic E-state index is 0.0365. The van der Waals surface area contributed by atoms with Crippen molar-refractivity contribution in [1.82, 2.24) is 10.2 Å². The van der Waals surface area contributed by atoms with Crippen molar-refractivity contribution >= 4 is 12.0 Å². The number of carbonyl (C=O) groups excluding carboxylic acids is 1. The van der Waals surface area contributed by atoms with Crippen molar-refractivity contribution in [3.63, 3.8) is 0 Å². The number of rotatable bonds is 4. The monoisotopic (exact) mass is 228 g/mol. The molecular weight excluding hydrogens is 208 g/mol. The predicted molar refractivity (Wildman–Crippen MR) is 60.2 cm³/mol. The molecule has 1 rings (SSSR count). The predicted octanol–water partition coefficient (Wildman–Crippen LogP) is 1.15. The van der Waals surface area contributed by atoms with Gasteiger partial charge in [0.05, 0.1) is 5.92 Å². The van der Waals surface area contributed by atoms with Crippen LogP contribution in [0.15, 0.2) is 0 Å². The van der Waals surface area contributed by atoms with Crippen molar-refractivity contribution < 1.29 is 14.7 Å². The van der Waals surface area contributed by atoms with Crippen LogP contribution < -0.4 is 5.32 Å². The first kappa shape index (κ1) is 12.8. The third-order valence-corrected chi connectivity index (χ3v) is 3.02. The number of hydrogen-bond acceptors (Lipinski definition) is 2. The molecule has 1 aliphatic heterocycles. The SMILES string of the molecule is CCCCNC(=O)N1CC(C)C(C(=O)O)C1. The van der Waals surface area contributed by atoms with Gasteiger partial charge in [0.1, 0.15) is 0 Å². The van der Waals surface area contributed by atoms with E-state index in [1.165, 1.54) is 0 Å². The number of nitrogens with one attached hydrogen (secondary N) is 1. The number of amides is 2. The highest BCUT2D eigenvalue weighted by atomic mass is 16.4. The number of carboxylic acids is 1.